The monoisotopic (exact) mass is 447 g/mol. The van der Waals surface area contributed by atoms with Crippen molar-refractivity contribution >= 4 is 23.4 Å². The zero-order valence-electron chi connectivity index (χ0n) is 18.2. The maximum atomic E-state index is 12.4. The second-order valence-electron chi connectivity index (χ2n) is 7.73. The number of alkyl carbamates (subject to hydrolysis) is 1. The minimum absolute atomic E-state index is 0.274. The molecule has 0 aliphatic rings. The number of aliphatic hydroxyl groups excluding tert-OH is 1. The van der Waals surface area contributed by atoms with Crippen molar-refractivity contribution in [1.29, 1.82) is 0 Å². The number of rotatable bonds is 10. The molecule has 0 saturated carbocycles. The lowest BCUT2D eigenvalue weighted by atomic mass is 9.66. The van der Waals surface area contributed by atoms with Crippen LogP contribution in [0, 0.1) is 0 Å². The molecule has 0 aliphatic heterocycles. The summed E-state index contributed by atoms with van der Waals surface area (Å²) >= 11 is 5.17. The Morgan fingerprint density at radius 2 is 1.34 bits per heavy atom. The summed E-state index contributed by atoms with van der Waals surface area (Å²) in [5, 5.41) is 12.9. The zero-order chi connectivity index (χ0) is 22.8. The number of carbonyl (C=O) groups is 1. The highest BCUT2D eigenvalue weighted by Crippen LogP contribution is 2.43. The van der Waals surface area contributed by atoms with Crippen molar-refractivity contribution in [3.8, 4) is 0 Å². The third kappa shape index (κ3) is 5.54. The number of benzene rings is 3. The summed E-state index contributed by atoms with van der Waals surface area (Å²) in [5.41, 5.74) is 2.47. The van der Waals surface area contributed by atoms with E-state index in [2.05, 4.69) is 41.7 Å². The smallest absolute Gasteiger partial charge is 0.407 e. The Kier molecular flexibility index (Phi) is 8.40. The fourth-order valence-corrected chi connectivity index (χ4v) is 4.16. The van der Waals surface area contributed by atoms with Crippen LogP contribution in [-0.2, 0) is 10.2 Å². The Morgan fingerprint density at radius 1 is 0.906 bits per heavy atom. The van der Waals surface area contributed by atoms with Crippen LogP contribution in [0.4, 0.5) is 4.79 Å². The summed E-state index contributed by atoms with van der Waals surface area (Å²) in [5.74, 6) is 0. The first-order valence-electron chi connectivity index (χ1n) is 10.9. The lowest BCUT2D eigenvalue weighted by molar-refractivity contribution is 0.141. The van der Waals surface area contributed by atoms with Gasteiger partial charge in [0.05, 0.1) is 6.61 Å². The molecule has 1 atom stereocenters. The molecule has 5 heteroatoms. The second-order valence-corrected chi connectivity index (χ2v) is 8.15. The van der Waals surface area contributed by atoms with E-state index in [1.54, 1.807) is 0 Å². The average Bonchev–Trinajstić information content (AvgIpc) is 2.83. The molecule has 0 aliphatic carbocycles. The number of amides is 1. The molecule has 1 unspecified atom stereocenters. The summed E-state index contributed by atoms with van der Waals surface area (Å²) in [4.78, 5) is 12.4. The van der Waals surface area contributed by atoms with Crippen LogP contribution >= 0.6 is 12.2 Å². The molecule has 166 valence electrons. The fourth-order valence-electron chi connectivity index (χ4n) is 4.02. The highest BCUT2D eigenvalue weighted by Gasteiger charge is 2.40. The number of ether oxygens (including phenoxy) is 1. The Balaban J connectivity index is 2.09. The van der Waals surface area contributed by atoms with Gasteiger partial charge in [-0.05, 0) is 41.7 Å². The molecule has 2 N–H and O–H groups in total. The predicted molar refractivity (Wildman–Crippen MR) is 132 cm³/mol. The predicted octanol–water partition coefficient (Wildman–Crippen LogP) is 6.19. The van der Waals surface area contributed by atoms with Crippen LogP contribution < -0.4 is 5.32 Å². The van der Waals surface area contributed by atoms with E-state index < -0.39 is 17.6 Å². The fraction of sp³-hybridized carbons (Fsp3) is 0.259. The van der Waals surface area contributed by atoms with Crippen molar-refractivity contribution in [2.75, 3.05) is 6.61 Å². The Morgan fingerprint density at radius 3 is 1.72 bits per heavy atom. The van der Waals surface area contributed by atoms with Gasteiger partial charge in [-0.3, -0.25) is 0 Å². The molecule has 0 saturated heterocycles. The molecule has 1 amide bonds. The van der Waals surface area contributed by atoms with Crippen molar-refractivity contribution in [1.82, 2.24) is 5.32 Å². The summed E-state index contributed by atoms with van der Waals surface area (Å²) in [7, 11) is 0. The van der Waals surface area contributed by atoms with Gasteiger partial charge in [0, 0.05) is 5.41 Å². The van der Waals surface area contributed by atoms with Gasteiger partial charge in [-0.15, -0.1) is 0 Å². The third-order valence-electron chi connectivity index (χ3n) is 5.63. The van der Waals surface area contributed by atoms with Crippen molar-refractivity contribution in [3.05, 3.63) is 108 Å². The molecular weight excluding hydrogens is 418 g/mol. The van der Waals surface area contributed by atoms with E-state index in [0.29, 0.717) is 13.0 Å². The van der Waals surface area contributed by atoms with E-state index in [-0.39, 0.29) is 5.05 Å². The largest absolute Gasteiger partial charge is 0.500 e. The highest BCUT2D eigenvalue weighted by atomic mass is 32.1. The maximum absolute atomic E-state index is 12.4. The summed E-state index contributed by atoms with van der Waals surface area (Å²) in [6.07, 6.45) is 1.46. The van der Waals surface area contributed by atoms with Gasteiger partial charge >= 0.3 is 6.09 Å². The second kappa shape index (κ2) is 11.4. The van der Waals surface area contributed by atoms with Gasteiger partial charge in [0.2, 0.25) is 0 Å². The van der Waals surface area contributed by atoms with Crippen molar-refractivity contribution < 1.29 is 14.6 Å². The average molecular weight is 448 g/mol. The Hall–Kier alpha value is -3.18. The third-order valence-corrected chi connectivity index (χ3v) is 5.92. The minimum Gasteiger partial charge on any atom is -0.500 e. The van der Waals surface area contributed by atoms with E-state index in [0.717, 1.165) is 29.5 Å². The van der Waals surface area contributed by atoms with Crippen LogP contribution in [0.3, 0.4) is 0 Å². The number of nitrogens with one attached hydrogen (secondary N) is 1. The molecule has 32 heavy (non-hydrogen) atoms. The first-order chi connectivity index (χ1) is 15.6. The molecule has 3 aromatic rings. The summed E-state index contributed by atoms with van der Waals surface area (Å²) in [6.45, 7) is 2.36. The number of carbonyl (C=O) groups excluding carboxylic acids is 1. The molecular formula is C27H29NO3S. The molecule has 0 bridgehead atoms. The van der Waals surface area contributed by atoms with E-state index in [9.17, 15) is 9.90 Å². The van der Waals surface area contributed by atoms with Crippen molar-refractivity contribution in [2.45, 2.75) is 37.6 Å². The topological polar surface area (TPSA) is 58.6 Å². The van der Waals surface area contributed by atoms with E-state index >= 15 is 0 Å². The van der Waals surface area contributed by atoms with Gasteiger partial charge in [-0.25, -0.2) is 4.79 Å². The van der Waals surface area contributed by atoms with Crippen LogP contribution in [0.25, 0.3) is 0 Å². The van der Waals surface area contributed by atoms with E-state index in [1.807, 2.05) is 61.5 Å². The molecule has 0 spiro atoms. The van der Waals surface area contributed by atoms with Gasteiger partial charge < -0.3 is 15.2 Å². The lowest BCUT2D eigenvalue weighted by Gasteiger charge is -2.38. The van der Waals surface area contributed by atoms with Gasteiger partial charge in [-0.2, -0.15) is 0 Å². The standard InChI is InChI=1S/C27H29NO3S/c1-2-3-19-31-26(30)28-24(25(29)32)20-27(21-13-7-4-8-14-21,22-15-9-5-10-16-22)23-17-11-6-12-18-23/h4-18,24H,2-3,19-20H2,1H3,(H,28,30)(H,29,32). The van der Waals surface area contributed by atoms with Crippen LogP contribution in [0.1, 0.15) is 42.9 Å². The normalized spacial score (nSPS) is 12.0. The summed E-state index contributed by atoms with van der Waals surface area (Å²) in [6, 6.07) is 29.5. The molecule has 4 nitrogen and oxygen atoms in total. The maximum Gasteiger partial charge on any atom is 0.407 e. The SMILES string of the molecule is CCCCOC(=O)NC(CC(c1ccccc1)(c1ccccc1)c1ccccc1)C(O)=S. The molecule has 0 aromatic heterocycles. The number of unbranched alkanes of at least 4 members (excludes halogenated alkanes) is 1. The first-order valence-corrected chi connectivity index (χ1v) is 11.3. The number of thiocarbonyl (C=S) groups is 1. The molecule has 0 fully saturated rings. The van der Waals surface area contributed by atoms with Gasteiger partial charge in [0.1, 0.15) is 6.04 Å². The number of hydrogen-bond donors (Lipinski definition) is 2. The molecule has 3 aromatic carbocycles. The Labute approximate surface area is 195 Å². The minimum atomic E-state index is -0.778. The van der Waals surface area contributed by atoms with Crippen LogP contribution in [-0.4, -0.2) is 28.9 Å². The summed E-state index contributed by atoms with van der Waals surface area (Å²) < 4.78 is 5.27. The lowest BCUT2D eigenvalue weighted by Crippen LogP contribution is -2.46. The number of aliphatic hydroxyl groups is 1. The van der Waals surface area contributed by atoms with Gasteiger partial charge in [-0.1, -0.05) is 104 Å². The van der Waals surface area contributed by atoms with Gasteiger partial charge in [0.25, 0.3) is 0 Å². The molecule has 0 heterocycles. The van der Waals surface area contributed by atoms with Crippen molar-refractivity contribution in [2.24, 2.45) is 0 Å². The van der Waals surface area contributed by atoms with E-state index in [1.165, 1.54) is 0 Å². The molecule has 0 radical (unpaired) electrons. The quantitative estimate of drug-likeness (QED) is 0.221. The first kappa shape index (κ1) is 23.5. The van der Waals surface area contributed by atoms with Crippen LogP contribution in [0.15, 0.2) is 91.0 Å². The van der Waals surface area contributed by atoms with Gasteiger partial charge in [0.15, 0.2) is 5.05 Å². The van der Waals surface area contributed by atoms with E-state index in [4.69, 9.17) is 17.0 Å². The zero-order valence-corrected chi connectivity index (χ0v) is 19.1. The van der Waals surface area contributed by atoms with Crippen LogP contribution in [0.2, 0.25) is 0 Å². The van der Waals surface area contributed by atoms with Crippen LogP contribution in [0.5, 0.6) is 0 Å². The highest BCUT2D eigenvalue weighted by molar-refractivity contribution is 7.80. The van der Waals surface area contributed by atoms with Crippen molar-refractivity contribution in [3.63, 3.8) is 0 Å². The number of hydrogen-bond acceptors (Lipinski definition) is 3. The Bertz CT molecular complexity index is 897. The molecule has 3 rings (SSSR count).